The zero-order valence-electron chi connectivity index (χ0n) is 25.0. The van der Waals surface area contributed by atoms with Crippen LogP contribution in [0.1, 0.15) is 49.3 Å². The fourth-order valence-corrected chi connectivity index (χ4v) is 6.42. The highest BCUT2D eigenvalue weighted by molar-refractivity contribution is 8.14. The molecule has 3 aromatic carbocycles. The number of halogens is 3. The van der Waals surface area contributed by atoms with Crippen molar-refractivity contribution in [2.24, 2.45) is 4.99 Å². The van der Waals surface area contributed by atoms with E-state index in [-0.39, 0.29) is 11.8 Å². The summed E-state index contributed by atoms with van der Waals surface area (Å²) in [6.45, 7) is 5.08. The lowest BCUT2D eigenvalue weighted by atomic mass is 10.0. The van der Waals surface area contributed by atoms with E-state index in [9.17, 15) is 18.0 Å². The number of anilines is 1. The quantitative estimate of drug-likeness (QED) is 0.213. The van der Waals surface area contributed by atoms with E-state index in [0.29, 0.717) is 11.5 Å². The number of amidine groups is 1. The molecule has 6 rings (SSSR count). The van der Waals surface area contributed by atoms with Crippen LogP contribution in [0.4, 0.5) is 23.7 Å². The minimum absolute atomic E-state index is 0.308. The fourth-order valence-electron chi connectivity index (χ4n) is 5.47. The molecule has 4 aromatic rings. The van der Waals surface area contributed by atoms with E-state index in [2.05, 4.69) is 62.1 Å². The third-order valence-corrected chi connectivity index (χ3v) is 8.92. The molecule has 0 radical (unpaired) electrons. The highest BCUT2D eigenvalue weighted by Gasteiger charge is 2.46. The summed E-state index contributed by atoms with van der Waals surface area (Å²) in [7, 11) is 0. The molecule has 0 atom stereocenters. The Labute approximate surface area is 263 Å². The highest BCUT2D eigenvalue weighted by Crippen LogP contribution is 2.46. The van der Waals surface area contributed by atoms with Gasteiger partial charge in [-0.15, -0.1) is 18.3 Å². The summed E-state index contributed by atoms with van der Waals surface area (Å²) in [4.78, 5) is 24.4. The van der Waals surface area contributed by atoms with Crippen molar-refractivity contribution in [1.82, 2.24) is 20.1 Å². The summed E-state index contributed by atoms with van der Waals surface area (Å²) in [6.07, 6.45) is 1.43. The van der Waals surface area contributed by atoms with E-state index in [1.165, 1.54) is 46.4 Å². The van der Waals surface area contributed by atoms with Crippen molar-refractivity contribution in [2.45, 2.75) is 57.9 Å². The van der Waals surface area contributed by atoms with Gasteiger partial charge in [-0.2, -0.15) is 4.99 Å². The van der Waals surface area contributed by atoms with Crippen LogP contribution < -0.4 is 15.0 Å². The van der Waals surface area contributed by atoms with Gasteiger partial charge in [0.15, 0.2) is 11.0 Å². The summed E-state index contributed by atoms with van der Waals surface area (Å²) < 4.78 is 42.8. The molecule has 0 bridgehead atoms. The number of benzene rings is 3. The van der Waals surface area contributed by atoms with Gasteiger partial charge >= 0.3 is 12.4 Å². The molecular formula is C33H33F3N6O2S. The molecule has 1 N–H and O–H groups in total. The van der Waals surface area contributed by atoms with Gasteiger partial charge in [0.1, 0.15) is 12.1 Å². The molecule has 1 saturated carbocycles. The predicted octanol–water partition coefficient (Wildman–Crippen LogP) is 7.79. The third-order valence-electron chi connectivity index (χ3n) is 7.85. The van der Waals surface area contributed by atoms with E-state index >= 15 is 0 Å². The number of thioether (sulfide) groups is 1. The molecular weight excluding hydrogens is 601 g/mol. The van der Waals surface area contributed by atoms with E-state index in [1.807, 2.05) is 24.3 Å². The first kappa shape index (κ1) is 30.7. The smallest absolute Gasteiger partial charge is 0.406 e. The number of hydrogen-bond donors (Lipinski definition) is 1. The SMILES string of the molecule is CCCc1ccc(C)cc1N1CCCSC1=NC(=O)NC1(c2ccc(-c3ncn(-c4ccc(OC(F)(F)F)cc4)n3)cc2)CC1. The molecule has 45 heavy (non-hydrogen) atoms. The lowest BCUT2D eigenvalue weighted by molar-refractivity contribution is -0.274. The van der Waals surface area contributed by atoms with Crippen LogP contribution in [0.2, 0.25) is 0 Å². The summed E-state index contributed by atoms with van der Waals surface area (Å²) in [6, 6.07) is 19.3. The number of rotatable bonds is 8. The number of urea groups is 1. The summed E-state index contributed by atoms with van der Waals surface area (Å²) in [5.41, 5.74) is 5.41. The minimum Gasteiger partial charge on any atom is -0.406 e. The number of nitrogens with one attached hydrogen (secondary N) is 1. The van der Waals surface area contributed by atoms with Crippen LogP contribution in [0.3, 0.4) is 0 Å². The largest absolute Gasteiger partial charge is 0.573 e. The molecule has 12 heteroatoms. The number of hydrogen-bond acceptors (Lipinski definition) is 5. The van der Waals surface area contributed by atoms with Crippen LogP contribution in [-0.4, -0.2) is 44.6 Å². The van der Waals surface area contributed by atoms with Crippen molar-refractivity contribution in [1.29, 1.82) is 0 Å². The van der Waals surface area contributed by atoms with Crippen molar-refractivity contribution in [3.05, 3.63) is 89.7 Å². The second-order valence-corrected chi connectivity index (χ2v) is 12.3. The molecule has 2 amide bonds. The van der Waals surface area contributed by atoms with Crippen LogP contribution in [0.5, 0.6) is 5.75 Å². The first-order valence-corrected chi connectivity index (χ1v) is 15.9. The topological polar surface area (TPSA) is 84.6 Å². The first-order chi connectivity index (χ1) is 21.6. The van der Waals surface area contributed by atoms with Crippen LogP contribution in [0, 0.1) is 6.92 Å². The second-order valence-electron chi connectivity index (χ2n) is 11.3. The summed E-state index contributed by atoms with van der Waals surface area (Å²) >= 11 is 1.62. The van der Waals surface area contributed by atoms with Gasteiger partial charge in [-0.05, 0) is 79.6 Å². The minimum atomic E-state index is -4.75. The Morgan fingerprint density at radius 2 is 1.84 bits per heavy atom. The van der Waals surface area contributed by atoms with Crippen molar-refractivity contribution in [3.63, 3.8) is 0 Å². The molecule has 1 saturated heterocycles. The first-order valence-electron chi connectivity index (χ1n) is 14.9. The van der Waals surface area contributed by atoms with Gasteiger partial charge in [-0.25, -0.2) is 14.5 Å². The van der Waals surface area contributed by atoms with Gasteiger partial charge in [0.2, 0.25) is 0 Å². The van der Waals surface area contributed by atoms with Crippen molar-refractivity contribution in [3.8, 4) is 22.8 Å². The van der Waals surface area contributed by atoms with Crippen LogP contribution in [0.15, 0.2) is 78.0 Å². The van der Waals surface area contributed by atoms with E-state index in [4.69, 9.17) is 0 Å². The third kappa shape index (κ3) is 7.16. The molecule has 1 aliphatic carbocycles. The predicted molar refractivity (Wildman–Crippen MR) is 170 cm³/mol. The Morgan fingerprint density at radius 1 is 1.09 bits per heavy atom. The molecule has 8 nitrogen and oxygen atoms in total. The van der Waals surface area contributed by atoms with Crippen molar-refractivity contribution in [2.75, 3.05) is 17.2 Å². The molecule has 2 heterocycles. The molecule has 1 aliphatic heterocycles. The Morgan fingerprint density at radius 3 is 2.53 bits per heavy atom. The molecule has 2 fully saturated rings. The Kier molecular flexibility index (Phi) is 8.59. The average molecular weight is 635 g/mol. The number of carbonyl (C=O) groups excluding carboxylic acids is 1. The van der Waals surface area contributed by atoms with Gasteiger partial charge in [0, 0.05) is 23.5 Å². The standard InChI is InChI=1S/C33H33F3N6O2S/c1-3-5-23-7-6-22(2)20-28(23)41-18-4-19-45-31(41)38-30(43)39-32(16-17-32)25-10-8-24(9-11-25)29-37-21-42(40-29)26-12-14-27(15-13-26)44-33(34,35)36/h6-15,20-21H,3-5,16-19H2,1-2H3,(H,39,43). The van der Waals surface area contributed by atoms with Crippen LogP contribution >= 0.6 is 11.8 Å². The highest BCUT2D eigenvalue weighted by atomic mass is 32.2. The Balaban J connectivity index is 1.14. The molecule has 234 valence electrons. The van der Waals surface area contributed by atoms with Gasteiger partial charge in [-0.1, -0.05) is 61.5 Å². The lowest BCUT2D eigenvalue weighted by Crippen LogP contribution is -2.38. The molecule has 0 spiro atoms. The average Bonchev–Trinajstić information content (AvgIpc) is 3.62. The normalized spacial score (nSPS) is 16.9. The van der Waals surface area contributed by atoms with Gasteiger partial charge < -0.3 is 15.0 Å². The lowest BCUT2D eigenvalue weighted by Gasteiger charge is -2.31. The maximum Gasteiger partial charge on any atom is 0.573 e. The number of alkyl halides is 3. The maximum absolute atomic E-state index is 13.3. The zero-order valence-corrected chi connectivity index (χ0v) is 25.8. The number of aromatic nitrogens is 3. The Bertz CT molecular complexity index is 1700. The number of carbonyl (C=O) groups is 1. The molecule has 0 unspecified atom stereocenters. The summed E-state index contributed by atoms with van der Waals surface area (Å²) in [5, 5.41) is 8.39. The Hall–Kier alpha value is -4.32. The number of ether oxygens (including phenoxy) is 1. The van der Waals surface area contributed by atoms with Crippen LogP contribution in [-0.2, 0) is 12.0 Å². The number of nitrogens with zero attached hydrogens (tertiary/aromatic N) is 5. The number of aliphatic imine (C=N–C) groups is 1. The monoisotopic (exact) mass is 634 g/mol. The second kappa shape index (κ2) is 12.6. The van der Waals surface area contributed by atoms with Gasteiger partial charge in [0.25, 0.3) is 0 Å². The molecule has 1 aromatic heterocycles. The van der Waals surface area contributed by atoms with E-state index in [0.717, 1.165) is 66.4 Å². The van der Waals surface area contributed by atoms with Gasteiger partial charge in [-0.3, -0.25) is 0 Å². The molecule has 2 aliphatic rings. The van der Waals surface area contributed by atoms with Crippen LogP contribution in [0.25, 0.3) is 17.1 Å². The summed E-state index contributed by atoms with van der Waals surface area (Å²) in [5.74, 6) is 1.08. The zero-order chi connectivity index (χ0) is 31.6. The van der Waals surface area contributed by atoms with E-state index < -0.39 is 11.9 Å². The fraction of sp³-hybridized carbons (Fsp3) is 0.333. The van der Waals surface area contributed by atoms with Gasteiger partial charge in [0.05, 0.1) is 11.2 Å². The number of amides is 2. The van der Waals surface area contributed by atoms with E-state index in [1.54, 1.807) is 11.8 Å². The number of aryl methyl sites for hydroxylation is 2. The van der Waals surface area contributed by atoms with Crippen molar-refractivity contribution >= 4 is 28.6 Å². The maximum atomic E-state index is 13.3. The van der Waals surface area contributed by atoms with Crippen molar-refractivity contribution < 1.29 is 22.7 Å².